The maximum absolute atomic E-state index is 11.7. The molecular formula is C17H13NO5. The van der Waals surface area contributed by atoms with Crippen LogP contribution in [0, 0.1) is 0 Å². The number of phenolic OH excluding ortho intramolecular Hbond substituents is 1. The smallest absolute Gasteiger partial charge is 0.336 e. The second kappa shape index (κ2) is 5.24. The second-order valence-corrected chi connectivity index (χ2v) is 5.19. The summed E-state index contributed by atoms with van der Waals surface area (Å²) in [6.07, 6.45) is 0. The summed E-state index contributed by atoms with van der Waals surface area (Å²) < 4.78 is 15.7. The number of ether oxygens (including phenoxy) is 2. The molecule has 0 bridgehead atoms. The lowest BCUT2D eigenvalue weighted by Gasteiger charge is -2.09. The van der Waals surface area contributed by atoms with E-state index in [0.29, 0.717) is 17.9 Å². The minimum absolute atomic E-state index is 0.0570. The molecular weight excluding hydrogens is 298 g/mol. The summed E-state index contributed by atoms with van der Waals surface area (Å²) in [4.78, 5) is 11.7. The van der Waals surface area contributed by atoms with E-state index in [2.05, 4.69) is 5.32 Å². The average Bonchev–Trinajstić information content (AvgIpc) is 2.99. The third-order valence-corrected chi connectivity index (χ3v) is 3.67. The lowest BCUT2D eigenvalue weighted by molar-refractivity contribution is 0.174. The Kier molecular flexibility index (Phi) is 3.08. The lowest BCUT2D eigenvalue weighted by atomic mass is 10.1. The van der Waals surface area contributed by atoms with Crippen LogP contribution in [0.1, 0.15) is 5.56 Å². The van der Waals surface area contributed by atoms with E-state index in [4.69, 9.17) is 13.9 Å². The monoisotopic (exact) mass is 311 g/mol. The molecule has 0 saturated heterocycles. The molecule has 116 valence electrons. The number of hydrogen-bond acceptors (Lipinski definition) is 6. The van der Waals surface area contributed by atoms with Crippen molar-refractivity contribution in [3.05, 3.63) is 58.4 Å². The van der Waals surface area contributed by atoms with Gasteiger partial charge in [-0.2, -0.15) is 0 Å². The maximum Gasteiger partial charge on any atom is 0.336 e. The Balaban J connectivity index is 1.64. The average molecular weight is 311 g/mol. The minimum atomic E-state index is -0.453. The van der Waals surface area contributed by atoms with E-state index in [1.165, 1.54) is 12.1 Å². The normalized spacial score (nSPS) is 12.5. The summed E-state index contributed by atoms with van der Waals surface area (Å²) >= 11 is 0. The molecule has 0 fully saturated rings. The highest BCUT2D eigenvalue weighted by Gasteiger charge is 2.13. The van der Waals surface area contributed by atoms with E-state index in [1.807, 2.05) is 18.2 Å². The zero-order valence-corrected chi connectivity index (χ0v) is 12.0. The molecule has 0 atom stereocenters. The molecule has 23 heavy (non-hydrogen) atoms. The van der Waals surface area contributed by atoms with Gasteiger partial charge in [-0.05, 0) is 29.8 Å². The van der Waals surface area contributed by atoms with Crippen LogP contribution in [0.4, 0.5) is 5.69 Å². The van der Waals surface area contributed by atoms with Gasteiger partial charge in [0.2, 0.25) is 6.79 Å². The predicted molar refractivity (Wildman–Crippen MR) is 84.0 cm³/mol. The molecule has 4 rings (SSSR count). The van der Waals surface area contributed by atoms with Crippen LogP contribution in [0.15, 0.2) is 51.7 Å². The van der Waals surface area contributed by atoms with Crippen molar-refractivity contribution in [2.75, 3.05) is 12.1 Å². The quantitative estimate of drug-likeness (QED) is 0.724. The molecule has 2 N–H and O–H groups in total. The van der Waals surface area contributed by atoms with Gasteiger partial charge < -0.3 is 24.3 Å². The number of benzene rings is 2. The lowest BCUT2D eigenvalue weighted by Crippen LogP contribution is -2.05. The first-order valence-electron chi connectivity index (χ1n) is 7.08. The molecule has 6 heteroatoms. The van der Waals surface area contributed by atoms with E-state index >= 15 is 0 Å². The summed E-state index contributed by atoms with van der Waals surface area (Å²) in [6, 6.07) is 11.7. The SMILES string of the molecule is O=c1cc(CNc2ccc3c(c2)OCO3)c2ccc(O)cc2o1. The molecule has 2 heterocycles. The van der Waals surface area contributed by atoms with Crippen LogP contribution in [-0.4, -0.2) is 11.9 Å². The molecule has 0 spiro atoms. The van der Waals surface area contributed by atoms with Gasteiger partial charge in [-0.15, -0.1) is 0 Å². The van der Waals surface area contributed by atoms with E-state index in [9.17, 15) is 9.90 Å². The molecule has 0 unspecified atom stereocenters. The third-order valence-electron chi connectivity index (χ3n) is 3.67. The summed E-state index contributed by atoms with van der Waals surface area (Å²) in [5.74, 6) is 1.47. The molecule has 1 aliphatic heterocycles. The number of anilines is 1. The van der Waals surface area contributed by atoms with Gasteiger partial charge in [-0.1, -0.05) is 0 Å². The predicted octanol–water partition coefficient (Wildman–Crippen LogP) is 2.84. The van der Waals surface area contributed by atoms with Crippen LogP contribution in [0.5, 0.6) is 17.2 Å². The van der Waals surface area contributed by atoms with Gasteiger partial charge in [0.15, 0.2) is 11.5 Å². The van der Waals surface area contributed by atoms with Crippen LogP contribution in [-0.2, 0) is 6.54 Å². The maximum atomic E-state index is 11.7. The van der Waals surface area contributed by atoms with Crippen molar-refractivity contribution in [1.29, 1.82) is 0 Å². The summed E-state index contributed by atoms with van der Waals surface area (Å²) in [6.45, 7) is 0.666. The van der Waals surface area contributed by atoms with Crippen LogP contribution >= 0.6 is 0 Å². The van der Waals surface area contributed by atoms with E-state index < -0.39 is 5.63 Å². The summed E-state index contributed by atoms with van der Waals surface area (Å²) in [5.41, 5.74) is 1.55. The summed E-state index contributed by atoms with van der Waals surface area (Å²) in [5, 5.41) is 13.5. The van der Waals surface area contributed by atoms with Crippen molar-refractivity contribution < 1.29 is 19.0 Å². The van der Waals surface area contributed by atoms with Crippen molar-refractivity contribution in [3.8, 4) is 17.2 Å². The van der Waals surface area contributed by atoms with Crippen LogP contribution in [0.2, 0.25) is 0 Å². The zero-order valence-electron chi connectivity index (χ0n) is 12.0. The highest BCUT2D eigenvalue weighted by molar-refractivity contribution is 5.81. The van der Waals surface area contributed by atoms with Crippen LogP contribution in [0.25, 0.3) is 11.0 Å². The van der Waals surface area contributed by atoms with Gasteiger partial charge in [0.05, 0.1) is 0 Å². The molecule has 0 radical (unpaired) electrons. The molecule has 0 saturated carbocycles. The zero-order chi connectivity index (χ0) is 15.8. The minimum Gasteiger partial charge on any atom is -0.508 e. The molecule has 0 amide bonds. The van der Waals surface area contributed by atoms with Gasteiger partial charge in [-0.25, -0.2) is 4.79 Å². The number of phenols is 1. The van der Waals surface area contributed by atoms with Crippen molar-refractivity contribution in [1.82, 2.24) is 0 Å². The molecule has 3 aromatic rings. The summed E-state index contributed by atoms with van der Waals surface area (Å²) in [7, 11) is 0. The third kappa shape index (κ3) is 2.55. The Morgan fingerprint density at radius 3 is 2.83 bits per heavy atom. The second-order valence-electron chi connectivity index (χ2n) is 5.19. The standard InChI is InChI=1S/C17H13NO5/c19-12-2-3-13-10(5-17(20)23-15(13)7-12)8-18-11-1-4-14-16(6-11)22-9-21-14/h1-7,18-19H,8-9H2. The molecule has 0 aliphatic carbocycles. The first-order chi connectivity index (χ1) is 11.2. The van der Waals surface area contributed by atoms with E-state index in [0.717, 1.165) is 22.4 Å². The Bertz CT molecular complexity index is 947. The Morgan fingerprint density at radius 1 is 1.04 bits per heavy atom. The molecule has 2 aromatic carbocycles. The van der Waals surface area contributed by atoms with Crippen LogP contribution < -0.4 is 20.4 Å². The van der Waals surface area contributed by atoms with Gasteiger partial charge in [0.1, 0.15) is 11.3 Å². The van der Waals surface area contributed by atoms with E-state index in [-0.39, 0.29) is 12.5 Å². The highest BCUT2D eigenvalue weighted by atomic mass is 16.7. The highest BCUT2D eigenvalue weighted by Crippen LogP contribution is 2.34. The number of rotatable bonds is 3. The van der Waals surface area contributed by atoms with Gasteiger partial charge in [0.25, 0.3) is 0 Å². The van der Waals surface area contributed by atoms with Crippen molar-refractivity contribution in [2.24, 2.45) is 0 Å². The molecule has 1 aliphatic rings. The number of fused-ring (bicyclic) bond motifs is 2. The van der Waals surface area contributed by atoms with E-state index in [1.54, 1.807) is 12.1 Å². The number of nitrogens with one attached hydrogen (secondary N) is 1. The number of hydrogen-bond donors (Lipinski definition) is 2. The Labute approximate surface area is 130 Å². The van der Waals surface area contributed by atoms with Crippen molar-refractivity contribution >= 4 is 16.7 Å². The first kappa shape index (κ1) is 13.5. The molecule has 1 aromatic heterocycles. The fourth-order valence-electron chi connectivity index (χ4n) is 2.57. The van der Waals surface area contributed by atoms with Crippen LogP contribution in [0.3, 0.4) is 0 Å². The first-order valence-corrected chi connectivity index (χ1v) is 7.08. The molecule has 6 nitrogen and oxygen atoms in total. The Hall–Kier alpha value is -3.15. The fourth-order valence-corrected chi connectivity index (χ4v) is 2.57. The van der Waals surface area contributed by atoms with Gasteiger partial charge in [0, 0.05) is 35.8 Å². The van der Waals surface area contributed by atoms with Crippen molar-refractivity contribution in [3.63, 3.8) is 0 Å². The topological polar surface area (TPSA) is 80.9 Å². The van der Waals surface area contributed by atoms with Crippen molar-refractivity contribution in [2.45, 2.75) is 6.54 Å². The largest absolute Gasteiger partial charge is 0.508 e. The van der Waals surface area contributed by atoms with Gasteiger partial charge in [-0.3, -0.25) is 0 Å². The Morgan fingerprint density at radius 2 is 1.91 bits per heavy atom. The number of aromatic hydroxyl groups is 1. The van der Waals surface area contributed by atoms with Gasteiger partial charge >= 0.3 is 5.63 Å². The fraction of sp³-hybridized carbons (Fsp3) is 0.118.